The minimum atomic E-state index is 0.548. The lowest BCUT2D eigenvalue weighted by Gasteiger charge is -2.21. The smallest absolute Gasteiger partial charge is 0.0575 e. The fourth-order valence-corrected chi connectivity index (χ4v) is 3.76. The van der Waals surface area contributed by atoms with Crippen LogP contribution in [-0.4, -0.2) is 19.3 Å². The number of rotatable bonds is 7. The van der Waals surface area contributed by atoms with Crippen molar-refractivity contribution in [2.75, 3.05) is 13.2 Å². The van der Waals surface area contributed by atoms with Gasteiger partial charge in [-0.05, 0) is 47.8 Å². The molecule has 1 heterocycles. The molecule has 4 heteroatoms. The second-order valence-corrected chi connectivity index (χ2v) is 6.80. The Balaban J connectivity index is 1.46. The number of thiophene rings is 1. The predicted molar refractivity (Wildman–Crippen MR) is 81.2 cm³/mol. The van der Waals surface area contributed by atoms with Crippen LogP contribution in [0.15, 0.2) is 15.9 Å². The van der Waals surface area contributed by atoms with Crippen molar-refractivity contribution < 1.29 is 4.74 Å². The van der Waals surface area contributed by atoms with E-state index in [9.17, 15) is 0 Å². The van der Waals surface area contributed by atoms with Crippen molar-refractivity contribution >= 4 is 27.3 Å². The molecule has 0 aromatic carbocycles. The van der Waals surface area contributed by atoms with E-state index < -0.39 is 0 Å². The van der Waals surface area contributed by atoms with Crippen LogP contribution in [0.5, 0.6) is 0 Å². The summed E-state index contributed by atoms with van der Waals surface area (Å²) in [6.07, 6.45) is 8.33. The van der Waals surface area contributed by atoms with E-state index in [1.807, 2.05) is 0 Å². The van der Waals surface area contributed by atoms with Crippen molar-refractivity contribution in [3.05, 3.63) is 20.8 Å². The van der Waals surface area contributed by atoms with Crippen molar-refractivity contribution in [1.82, 2.24) is 5.32 Å². The van der Waals surface area contributed by atoms with Gasteiger partial charge in [0.25, 0.3) is 0 Å². The number of nitrogens with one attached hydrogen (secondary N) is 1. The monoisotopic (exact) mass is 331 g/mol. The third kappa shape index (κ3) is 5.39. The lowest BCUT2D eigenvalue weighted by molar-refractivity contribution is 0.0273. The molecule has 1 saturated carbocycles. The Morgan fingerprint density at radius 3 is 2.89 bits per heavy atom. The van der Waals surface area contributed by atoms with Crippen LogP contribution < -0.4 is 5.32 Å². The summed E-state index contributed by atoms with van der Waals surface area (Å²) in [6, 6.07) is 2.18. The summed E-state index contributed by atoms with van der Waals surface area (Å²) in [7, 11) is 0. The SMILES string of the molecule is Brc1csc(CNCCCOC2CCCCC2)c1. The van der Waals surface area contributed by atoms with Gasteiger partial charge in [0.1, 0.15) is 0 Å². The van der Waals surface area contributed by atoms with Crippen molar-refractivity contribution in [1.29, 1.82) is 0 Å². The van der Waals surface area contributed by atoms with E-state index in [0.717, 1.165) is 26.1 Å². The van der Waals surface area contributed by atoms with E-state index in [1.54, 1.807) is 11.3 Å². The average Bonchev–Trinajstić information content (AvgIpc) is 2.81. The molecule has 0 atom stereocenters. The summed E-state index contributed by atoms with van der Waals surface area (Å²) in [6.45, 7) is 2.92. The van der Waals surface area contributed by atoms with Crippen LogP contribution in [0.4, 0.5) is 0 Å². The second kappa shape index (κ2) is 8.31. The van der Waals surface area contributed by atoms with Crippen LogP contribution in [0.25, 0.3) is 0 Å². The molecule has 1 fully saturated rings. The first-order valence-corrected chi connectivity index (χ1v) is 8.57. The zero-order valence-electron chi connectivity index (χ0n) is 10.8. The fourth-order valence-electron chi connectivity index (χ4n) is 2.34. The number of halogens is 1. The normalized spacial score (nSPS) is 17.2. The Morgan fingerprint density at radius 1 is 1.33 bits per heavy atom. The molecule has 0 aliphatic heterocycles. The van der Waals surface area contributed by atoms with Crippen molar-refractivity contribution in [2.45, 2.75) is 51.2 Å². The first-order valence-electron chi connectivity index (χ1n) is 6.90. The van der Waals surface area contributed by atoms with Gasteiger partial charge in [0.2, 0.25) is 0 Å². The van der Waals surface area contributed by atoms with Crippen LogP contribution >= 0.6 is 27.3 Å². The number of ether oxygens (including phenoxy) is 1. The second-order valence-electron chi connectivity index (χ2n) is 4.89. The van der Waals surface area contributed by atoms with E-state index in [1.165, 1.54) is 41.5 Å². The first kappa shape index (κ1) is 14.5. The van der Waals surface area contributed by atoms with E-state index in [0.29, 0.717) is 6.10 Å². The van der Waals surface area contributed by atoms with E-state index in [-0.39, 0.29) is 0 Å². The standard InChI is InChI=1S/C14H22BrNOS/c15-12-9-14(18-11-12)10-16-7-4-8-17-13-5-2-1-3-6-13/h9,11,13,16H,1-8,10H2. The minimum Gasteiger partial charge on any atom is -0.378 e. The summed E-state index contributed by atoms with van der Waals surface area (Å²) >= 11 is 5.27. The molecule has 2 rings (SSSR count). The third-order valence-corrected chi connectivity index (χ3v) is 5.02. The van der Waals surface area contributed by atoms with Gasteiger partial charge in [-0.25, -0.2) is 0 Å². The molecule has 0 radical (unpaired) electrons. The largest absolute Gasteiger partial charge is 0.378 e. The Kier molecular flexibility index (Phi) is 6.70. The van der Waals surface area contributed by atoms with Crippen LogP contribution in [-0.2, 0) is 11.3 Å². The maximum absolute atomic E-state index is 5.89. The Bertz CT molecular complexity index is 336. The van der Waals surface area contributed by atoms with Crippen LogP contribution in [0.1, 0.15) is 43.4 Å². The van der Waals surface area contributed by atoms with Crippen molar-refractivity contribution in [3.63, 3.8) is 0 Å². The summed E-state index contributed by atoms with van der Waals surface area (Å²) in [5.41, 5.74) is 0. The van der Waals surface area contributed by atoms with Gasteiger partial charge in [0, 0.05) is 27.9 Å². The molecule has 0 spiro atoms. The van der Waals surface area contributed by atoms with Gasteiger partial charge in [-0.3, -0.25) is 0 Å². The maximum atomic E-state index is 5.89. The molecule has 18 heavy (non-hydrogen) atoms. The maximum Gasteiger partial charge on any atom is 0.0575 e. The van der Waals surface area contributed by atoms with Crippen LogP contribution in [0.3, 0.4) is 0 Å². The summed E-state index contributed by atoms with van der Waals surface area (Å²) < 4.78 is 7.08. The number of hydrogen-bond donors (Lipinski definition) is 1. The predicted octanol–water partition coefficient (Wildman–Crippen LogP) is 4.34. The van der Waals surface area contributed by atoms with Gasteiger partial charge in [0.15, 0.2) is 0 Å². The van der Waals surface area contributed by atoms with E-state index >= 15 is 0 Å². The molecule has 1 aromatic heterocycles. The molecule has 2 nitrogen and oxygen atoms in total. The molecular formula is C14H22BrNOS. The fraction of sp³-hybridized carbons (Fsp3) is 0.714. The van der Waals surface area contributed by atoms with Gasteiger partial charge in [-0.15, -0.1) is 11.3 Å². The topological polar surface area (TPSA) is 21.3 Å². The summed E-state index contributed by atoms with van der Waals surface area (Å²) in [5.74, 6) is 0. The highest BCUT2D eigenvalue weighted by molar-refractivity contribution is 9.10. The molecule has 0 bridgehead atoms. The molecule has 1 aliphatic carbocycles. The summed E-state index contributed by atoms with van der Waals surface area (Å²) in [5, 5.41) is 5.59. The van der Waals surface area contributed by atoms with Gasteiger partial charge >= 0.3 is 0 Å². The van der Waals surface area contributed by atoms with Gasteiger partial charge in [-0.1, -0.05) is 19.3 Å². The molecule has 0 saturated heterocycles. The molecule has 0 unspecified atom stereocenters. The average molecular weight is 332 g/mol. The van der Waals surface area contributed by atoms with Crippen LogP contribution in [0, 0.1) is 0 Å². The first-order chi connectivity index (χ1) is 8.84. The zero-order valence-corrected chi connectivity index (χ0v) is 13.2. The lowest BCUT2D eigenvalue weighted by Crippen LogP contribution is -2.20. The molecule has 102 valence electrons. The molecule has 1 N–H and O–H groups in total. The lowest BCUT2D eigenvalue weighted by atomic mass is 9.98. The van der Waals surface area contributed by atoms with Gasteiger partial charge in [-0.2, -0.15) is 0 Å². The number of hydrogen-bond acceptors (Lipinski definition) is 3. The summed E-state index contributed by atoms with van der Waals surface area (Å²) in [4.78, 5) is 1.38. The Morgan fingerprint density at radius 2 is 2.17 bits per heavy atom. The highest BCUT2D eigenvalue weighted by Crippen LogP contribution is 2.20. The van der Waals surface area contributed by atoms with Gasteiger partial charge < -0.3 is 10.1 Å². The van der Waals surface area contributed by atoms with E-state index in [4.69, 9.17) is 4.74 Å². The van der Waals surface area contributed by atoms with E-state index in [2.05, 4.69) is 32.7 Å². The highest BCUT2D eigenvalue weighted by Gasteiger charge is 2.12. The van der Waals surface area contributed by atoms with Crippen LogP contribution in [0.2, 0.25) is 0 Å². The molecule has 0 amide bonds. The third-order valence-electron chi connectivity index (χ3n) is 3.32. The molecule has 1 aromatic rings. The molecular weight excluding hydrogens is 310 g/mol. The minimum absolute atomic E-state index is 0.548. The zero-order chi connectivity index (χ0) is 12.6. The van der Waals surface area contributed by atoms with Crippen molar-refractivity contribution in [3.8, 4) is 0 Å². The molecule has 1 aliphatic rings. The Labute approximate surface area is 122 Å². The quantitative estimate of drug-likeness (QED) is 0.750. The van der Waals surface area contributed by atoms with Gasteiger partial charge in [0.05, 0.1) is 6.10 Å². The highest BCUT2D eigenvalue weighted by atomic mass is 79.9. The Hall–Kier alpha value is 0.1000. The van der Waals surface area contributed by atoms with Crippen molar-refractivity contribution in [2.24, 2.45) is 0 Å².